The molecule has 10 heavy (non-hydrogen) atoms. The van der Waals surface area contributed by atoms with E-state index in [0.717, 1.165) is 0 Å². The second-order valence-electron chi connectivity index (χ2n) is 0.274. The van der Waals surface area contributed by atoms with Gasteiger partial charge in [-0.05, 0) is 0 Å². The third-order valence-corrected chi connectivity index (χ3v) is 0. The van der Waals surface area contributed by atoms with Gasteiger partial charge in [0, 0.05) is 27.7 Å². The standard InChI is InChI=1S/3CNS.Hg/c3*2-1-3;/q3*-1;. The summed E-state index contributed by atoms with van der Waals surface area (Å²) in [6, 6.07) is 0. The van der Waals surface area contributed by atoms with Crippen LogP contribution < -0.4 is 0 Å². The summed E-state index contributed by atoms with van der Waals surface area (Å²) >= 11 is 11.1. The van der Waals surface area contributed by atoms with Gasteiger partial charge in [-0.2, -0.15) is 15.5 Å². The molecule has 0 amide bonds. The summed E-state index contributed by atoms with van der Waals surface area (Å²) in [7, 11) is 0. The first-order valence-electron chi connectivity index (χ1n) is 1.28. The number of rotatable bonds is 0. The maximum Gasteiger partial charge on any atom is 0 e. The minimum atomic E-state index is 0. The van der Waals surface area contributed by atoms with Crippen molar-refractivity contribution in [3.05, 3.63) is 16.2 Å². The molecule has 0 saturated heterocycles. The van der Waals surface area contributed by atoms with Crippen LogP contribution in [0.5, 0.6) is 0 Å². The van der Waals surface area contributed by atoms with Crippen molar-refractivity contribution in [1.82, 2.24) is 0 Å². The molecule has 0 spiro atoms. The van der Waals surface area contributed by atoms with Gasteiger partial charge in [-0.25, -0.2) is 0 Å². The number of hydrogen-bond acceptors (Lipinski definition) is 3. The van der Waals surface area contributed by atoms with Gasteiger partial charge in [0.1, 0.15) is 0 Å². The number of thiocarbonyl (C=S) groups is 3. The van der Waals surface area contributed by atoms with Crippen LogP contribution in [-0.4, -0.2) is 15.5 Å². The Balaban J connectivity index is -0.0000000257. The smallest absolute Gasteiger partial charge is 0 e. The van der Waals surface area contributed by atoms with Gasteiger partial charge >= 0.3 is 0 Å². The second kappa shape index (κ2) is 58.3. The molecule has 0 rings (SSSR count). The summed E-state index contributed by atoms with van der Waals surface area (Å²) in [5, 5.41) is 25.4. The molecule has 0 aromatic rings. The predicted molar refractivity (Wildman–Crippen MR) is 47.9 cm³/mol. The average Bonchev–Trinajstić information content (AvgIpc) is 1.70. The molecule has 0 aromatic carbocycles. The summed E-state index contributed by atoms with van der Waals surface area (Å²) in [5.41, 5.74) is 0. The van der Waals surface area contributed by atoms with Crippen molar-refractivity contribution in [1.29, 1.82) is 0 Å². The van der Waals surface area contributed by atoms with Crippen molar-refractivity contribution in [3.8, 4) is 0 Å². The van der Waals surface area contributed by atoms with Crippen LogP contribution in [0.1, 0.15) is 0 Å². The van der Waals surface area contributed by atoms with Crippen molar-refractivity contribution in [2.45, 2.75) is 0 Å². The zero-order valence-electron chi connectivity index (χ0n) is 4.77. The van der Waals surface area contributed by atoms with Crippen LogP contribution in [0.4, 0.5) is 0 Å². The van der Waals surface area contributed by atoms with Crippen molar-refractivity contribution < 1.29 is 27.7 Å². The van der Waals surface area contributed by atoms with E-state index in [2.05, 4.69) is 36.7 Å². The van der Waals surface area contributed by atoms with E-state index in [9.17, 15) is 0 Å². The fourth-order valence-corrected chi connectivity index (χ4v) is 0. The Bertz CT molecular complexity index is 111. The molecule has 0 unspecified atom stereocenters. The molecule has 0 radical (unpaired) electrons. The molecule has 0 saturated carbocycles. The molecule has 0 fully saturated rings. The van der Waals surface area contributed by atoms with E-state index in [1.165, 1.54) is 15.5 Å². The van der Waals surface area contributed by atoms with E-state index >= 15 is 0 Å². The molecule has 7 heteroatoms. The second-order valence-corrected chi connectivity index (χ2v) is 0.822. The van der Waals surface area contributed by atoms with Crippen LogP contribution in [0.2, 0.25) is 0 Å². The molecule has 0 bridgehead atoms. The first-order valence-corrected chi connectivity index (χ1v) is 2.51. The molecule has 0 heterocycles. The van der Waals surface area contributed by atoms with Crippen molar-refractivity contribution in [2.24, 2.45) is 0 Å². The average molecular weight is 375 g/mol. The SMILES string of the molecule is [Hg].[N-]=C=S.[N-]=C=S.[N-]=C=S. The topological polar surface area (TPSA) is 66.9 Å². The van der Waals surface area contributed by atoms with Gasteiger partial charge in [-0.3, -0.25) is 0 Å². The summed E-state index contributed by atoms with van der Waals surface area (Å²) in [6.07, 6.45) is 0. The van der Waals surface area contributed by atoms with Gasteiger partial charge < -0.3 is 16.2 Å². The molecular weight excluding hydrogens is 375 g/mol. The Hall–Kier alpha value is 0.335. The predicted octanol–water partition coefficient (Wildman–Crippen LogP) is 1.97. The largest absolute Gasteiger partial charge is 0.753 e. The van der Waals surface area contributed by atoms with E-state index in [4.69, 9.17) is 16.2 Å². The van der Waals surface area contributed by atoms with Crippen molar-refractivity contribution >= 4 is 52.1 Å². The number of hydrogen-bond donors (Lipinski definition) is 0. The summed E-state index contributed by atoms with van der Waals surface area (Å²) in [4.78, 5) is 0. The van der Waals surface area contributed by atoms with Crippen LogP contribution in [0.25, 0.3) is 16.2 Å². The maximum atomic E-state index is 7.13. The molecule has 0 N–H and O–H groups in total. The van der Waals surface area contributed by atoms with Crippen LogP contribution in [0, 0.1) is 0 Å². The third-order valence-electron chi connectivity index (χ3n) is 0. The zero-order chi connectivity index (χ0) is 8.12. The van der Waals surface area contributed by atoms with E-state index in [1.54, 1.807) is 0 Å². The van der Waals surface area contributed by atoms with Crippen molar-refractivity contribution in [3.63, 3.8) is 0 Å². The minimum absolute atomic E-state index is 0. The van der Waals surface area contributed by atoms with Gasteiger partial charge in [0.05, 0.1) is 0 Å². The van der Waals surface area contributed by atoms with E-state index in [0.29, 0.717) is 0 Å². The molecule has 0 aliphatic heterocycles. The summed E-state index contributed by atoms with van der Waals surface area (Å²) in [6.45, 7) is 0. The molecule has 0 aliphatic rings. The number of isothiocyanates is 3. The van der Waals surface area contributed by atoms with Gasteiger partial charge in [0.15, 0.2) is 0 Å². The van der Waals surface area contributed by atoms with Gasteiger partial charge in [-0.1, -0.05) is 36.7 Å². The van der Waals surface area contributed by atoms with Crippen molar-refractivity contribution in [2.75, 3.05) is 0 Å². The Kier molecular flexibility index (Phi) is 131. The first kappa shape index (κ1) is 22.4. The minimum Gasteiger partial charge on any atom is -0.753 e. The molecule has 0 atom stereocenters. The molecule has 50 valence electrons. The van der Waals surface area contributed by atoms with Crippen LogP contribution in [0.15, 0.2) is 0 Å². The van der Waals surface area contributed by atoms with Crippen LogP contribution in [0.3, 0.4) is 0 Å². The fraction of sp³-hybridized carbons (Fsp3) is 0. The molecule has 0 aromatic heterocycles. The fourth-order valence-electron chi connectivity index (χ4n) is 0. The Morgan fingerprint density at radius 3 is 0.700 bits per heavy atom. The van der Waals surface area contributed by atoms with E-state index < -0.39 is 0 Å². The quantitative estimate of drug-likeness (QED) is 0.370. The van der Waals surface area contributed by atoms with Gasteiger partial charge in [-0.15, -0.1) is 0 Å². The van der Waals surface area contributed by atoms with E-state index in [-0.39, 0.29) is 27.7 Å². The summed E-state index contributed by atoms with van der Waals surface area (Å²) in [5.74, 6) is 0. The van der Waals surface area contributed by atoms with Gasteiger partial charge in [0.25, 0.3) is 0 Å². The first-order chi connectivity index (χ1) is 4.24. The van der Waals surface area contributed by atoms with Gasteiger partial charge in [0.2, 0.25) is 0 Å². The molecule has 3 nitrogen and oxygen atoms in total. The normalized spacial score (nSPS) is 2.40. The van der Waals surface area contributed by atoms with Crippen LogP contribution >= 0.6 is 36.7 Å². The Morgan fingerprint density at radius 1 is 0.700 bits per heavy atom. The molecular formula is C3HgN3S3-3. The number of nitrogens with zero attached hydrogens (tertiary/aromatic N) is 3. The Labute approximate surface area is 95.2 Å². The molecule has 0 aliphatic carbocycles. The Morgan fingerprint density at radius 2 is 0.700 bits per heavy atom. The zero-order valence-corrected chi connectivity index (χ0v) is 12.7. The van der Waals surface area contributed by atoms with E-state index in [1.807, 2.05) is 0 Å². The summed E-state index contributed by atoms with van der Waals surface area (Å²) < 4.78 is 0. The maximum absolute atomic E-state index is 7.13. The monoisotopic (exact) mass is 376 g/mol. The van der Waals surface area contributed by atoms with Crippen LogP contribution in [-0.2, 0) is 27.7 Å². The third kappa shape index (κ3) is 3990.